The second kappa shape index (κ2) is 9.04. The standard InChI is InChI=1S/C29H26N2O3S/c1-17-14-21(18(2)30-26-20-12-8-9-13-25(20)35-27(26)29(33)34-4)22-16-24(19-10-6-5-7-11-19)31(3)28(32)23(22)15-17/h5-16,18,30H,1-4H3. The topological polar surface area (TPSA) is 60.3 Å². The lowest BCUT2D eigenvalue weighted by atomic mass is 9.96. The van der Waals surface area contributed by atoms with E-state index in [1.807, 2.05) is 74.6 Å². The molecule has 0 aliphatic carbocycles. The first kappa shape index (κ1) is 22.9. The molecule has 2 heterocycles. The van der Waals surface area contributed by atoms with E-state index in [0.29, 0.717) is 10.3 Å². The molecule has 0 aliphatic rings. The second-order valence-corrected chi connectivity index (χ2v) is 9.79. The molecule has 0 spiro atoms. The summed E-state index contributed by atoms with van der Waals surface area (Å²) in [7, 11) is 3.21. The first-order valence-corrected chi connectivity index (χ1v) is 12.3. The van der Waals surface area contributed by atoms with Gasteiger partial charge >= 0.3 is 5.97 Å². The highest BCUT2D eigenvalue weighted by Gasteiger charge is 2.22. The summed E-state index contributed by atoms with van der Waals surface area (Å²) in [6.45, 7) is 4.06. The Morgan fingerprint density at radius 2 is 1.69 bits per heavy atom. The van der Waals surface area contributed by atoms with Crippen molar-refractivity contribution < 1.29 is 9.53 Å². The fraction of sp³-hybridized carbons (Fsp3) is 0.172. The molecule has 6 heteroatoms. The molecule has 1 N–H and O–H groups in total. The number of aromatic nitrogens is 1. The van der Waals surface area contributed by atoms with Gasteiger partial charge in [-0.15, -0.1) is 11.3 Å². The Bertz CT molecular complexity index is 1630. The van der Waals surface area contributed by atoms with Gasteiger partial charge in [-0.3, -0.25) is 4.79 Å². The van der Waals surface area contributed by atoms with Gasteiger partial charge in [-0.25, -0.2) is 4.79 Å². The average Bonchev–Trinajstić information content (AvgIpc) is 3.24. The summed E-state index contributed by atoms with van der Waals surface area (Å²) in [5.74, 6) is -0.366. The van der Waals surface area contributed by atoms with Gasteiger partial charge < -0.3 is 14.6 Å². The van der Waals surface area contributed by atoms with E-state index >= 15 is 0 Å². The molecular weight excluding hydrogens is 456 g/mol. The summed E-state index contributed by atoms with van der Waals surface area (Å²) in [6, 6.07) is 23.8. The number of methoxy groups -OCH3 is 1. The molecular formula is C29H26N2O3S. The van der Waals surface area contributed by atoms with Gasteiger partial charge in [0.1, 0.15) is 4.88 Å². The summed E-state index contributed by atoms with van der Waals surface area (Å²) in [5.41, 5.74) is 4.58. The second-order valence-electron chi connectivity index (χ2n) is 8.74. The summed E-state index contributed by atoms with van der Waals surface area (Å²) >= 11 is 1.41. The van der Waals surface area contributed by atoms with Crippen LogP contribution in [0.25, 0.3) is 32.1 Å². The van der Waals surface area contributed by atoms with Crippen molar-refractivity contribution in [3.63, 3.8) is 0 Å². The molecule has 5 rings (SSSR count). The van der Waals surface area contributed by atoms with Crippen molar-refractivity contribution in [1.29, 1.82) is 0 Å². The predicted molar refractivity (Wildman–Crippen MR) is 145 cm³/mol. The zero-order valence-corrected chi connectivity index (χ0v) is 20.9. The van der Waals surface area contributed by atoms with Gasteiger partial charge in [-0.05, 0) is 54.1 Å². The van der Waals surface area contributed by atoms with Crippen LogP contribution in [0.1, 0.15) is 33.8 Å². The highest BCUT2D eigenvalue weighted by atomic mass is 32.1. The summed E-state index contributed by atoms with van der Waals surface area (Å²) < 4.78 is 7.78. The summed E-state index contributed by atoms with van der Waals surface area (Å²) in [6.07, 6.45) is 0. The van der Waals surface area contributed by atoms with E-state index in [0.717, 1.165) is 43.5 Å². The molecule has 0 bridgehead atoms. The van der Waals surface area contributed by atoms with Crippen molar-refractivity contribution in [1.82, 2.24) is 4.57 Å². The SMILES string of the molecule is COC(=O)c1sc2ccccc2c1NC(C)c1cc(C)cc2c(=O)n(C)c(-c3ccccc3)cc12. The van der Waals surface area contributed by atoms with Crippen LogP contribution in [0.2, 0.25) is 0 Å². The van der Waals surface area contributed by atoms with Crippen molar-refractivity contribution in [2.24, 2.45) is 7.05 Å². The van der Waals surface area contributed by atoms with Crippen LogP contribution in [0.15, 0.2) is 77.6 Å². The number of aryl methyl sites for hydroxylation is 1. The van der Waals surface area contributed by atoms with Crippen LogP contribution in [0.5, 0.6) is 0 Å². The fourth-order valence-corrected chi connectivity index (χ4v) is 5.74. The van der Waals surface area contributed by atoms with Gasteiger partial charge in [0.2, 0.25) is 0 Å². The number of pyridine rings is 1. The number of rotatable bonds is 5. The summed E-state index contributed by atoms with van der Waals surface area (Å²) in [4.78, 5) is 26.5. The normalized spacial score (nSPS) is 12.1. The van der Waals surface area contributed by atoms with Crippen molar-refractivity contribution in [3.05, 3.63) is 99.2 Å². The Balaban J connectivity index is 1.69. The Labute approximate surface area is 207 Å². The van der Waals surface area contributed by atoms with E-state index in [2.05, 4.69) is 24.4 Å². The third kappa shape index (κ3) is 4.00. The molecule has 0 amide bonds. The number of anilines is 1. The number of esters is 1. The first-order chi connectivity index (χ1) is 16.9. The molecule has 176 valence electrons. The molecule has 0 radical (unpaired) electrons. The van der Waals surface area contributed by atoms with Crippen molar-refractivity contribution >= 4 is 43.9 Å². The van der Waals surface area contributed by atoms with Gasteiger partial charge in [0.25, 0.3) is 5.56 Å². The van der Waals surface area contributed by atoms with Gasteiger partial charge in [0, 0.05) is 28.6 Å². The lowest BCUT2D eigenvalue weighted by Crippen LogP contribution is -2.20. The third-order valence-electron chi connectivity index (χ3n) is 6.40. The maximum absolute atomic E-state index is 13.4. The lowest BCUT2D eigenvalue weighted by Gasteiger charge is -2.20. The lowest BCUT2D eigenvalue weighted by molar-refractivity contribution is 0.0607. The maximum Gasteiger partial charge on any atom is 0.350 e. The number of carbonyl (C=O) groups excluding carboxylic acids is 1. The van der Waals surface area contributed by atoms with E-state index in [-0.39, 0.29) is 17.6 Å². The van der Waals surface area contributed by atoms with Gasteiger partial charge in [0.05, 0.1) is 18.5 Å². The highest BCUT2D eigenvalue weighted by Crippen LogP contribution is 2.39. The largest absolute Gasteiger partial charge is 0.465 e. The minimum atomic E-state index is -0.366. The number of nitrogens with one attached hydrogen (secondary N) is 1. The van der Waals surface area contributed by atoms with E-state index in [4.69, 9.17) is 4.74 Å². The van der Waals surface area contributed by atoms with E-state index in [1.54, 1.807) is 4.57 Å². The number of fused-ring (bicyclic) bond motifs is 2. The molecule has 3 aromatic carbocycles. The van der Waals surface area contributed by atoms with Gasteiger partial charge in [-0.2, -0.15) is 0 Å². The van der Waals surface area contributed by atoms with Crippen LogP contribution in [0, 0.1) is 6.92 Å². The number of carbonyl (C=O) groups is 1. The summed E-state index contributed by atoms with van der Waals surface area (Å²) in [5, 5.41) is 6.13. The molecule has 35 heavy (non-hydrogen) atoms. The zero-order valence-electron chi connectivity index (χ0n) is 20.1. The number of thiophene rings is 1. The number of hydrogen-bond donors (Lipinski definition) is 1. The third-order valence-corrected chi connectivity index (χ3v) is 7.55. The monoisotopic (exact) mass is 482 g/mol. The molecule has 1 unspecified atom stereocenters. The quantitative estimate of drug-likeness (QED) is 0.284. The molecule has 5 aromatic rings. The van der Waals surface area contributed by atoms with Gasteiger partial charge in [0.15, 0.2) is 0 Å². The Kier molecular flexibility index (Phi) is 5.91. The Morgan fingerprint density at radius 3 is 2.43 bits per heavy atom. The van der Waals surface area contributed by atoms with Crippen LogP contribution in [0.3, 0.4) is 0 Å². The van der Waals surface area contributed by atoms with E-state index in [9.17, 15) is 9.59 Å². The number of benzene rings is 3. The van der Waals surface area contributed by atoms with E-state index < -0.39 is 0 Å². The van der Waals surface area contributed by atoms with Gasteiger partial charge in [-0.1, -0.05) is 54.6 Å². The molecule has 2 aromatic heterocycles. The smallest absolute Gasteiger partial charge is 0.350 e. The van der Waals surface area contributed by atoms with Crippen LogP contribution < -0.4 is 10.9 Å². The Hall–Kier alpha value is -3.90. The predicted octanol–water partition coefficient (Wildman–Crippen LogP) is 6.69. The van der Waals surface area contributed by atoms with Crippen LogP contribution in [-0.4, -0.2) is 17.6 Å². The highest BCUT2D eigenvalue weighted by molar-refractivity contribution is 7.21. The number of ether oxygens (including phenoxy) is 1. The number of nitrogens with zero attached hydrogens (tertiary/aromatic N) is 1. The van der Waals surface area contributed by atoms with E-state index in [1.165, 1.54) is 18.4 Å². The molecule has 0 fully saturated rings. The molecule has 0 saturated carbocycles. The zero-order chi connectivity index (χ0) is 24.7. The fourth-order valence-electron chi connectivity index (χ4n) is 4.65. The minimum absolute atomic E-state index is 0.0327. The molecule has 5 nitrogen and oxygen atoms in total. The van der Waals surface area contributed by atoms with Crippen LogP contribution >= 0.6 is 11.3 Å². The Morgan fingerprint density at radius 1 is 0.971 bits per heavy atom. The molecule has 0 saturated heterocycles. The molecule has 0 aliphatic heterocycles. The van der Waals surface area contributed by atoms with Crippen LogP contribution in [-0.2, 0) is 11.8 Å². The van der Waals surface area contributed by atoms with Crippen molar-refractivity contribution in [2.75, 3.05) is 12.4 Å². The average molecular weight is 483 g/mol. The minimum Gasteiger partial charge on any atom is -0.465 e. The number of hydrogen-bond acceptors (Lipinski definition) is 5. The van der Waals surface area contributed by atoms with Crippen LogP contribution in [0.4, 0.5) is 5.69 Å². The van der Waals surface area contributed by atoms with Crippen molar-refractivity contribution in [2.45, 2.75) is 19.9 Å². The first-order valence-electron chi connectivity index (χ1n) is 11.4. The molecule has 1 atom stereocenters. The van der Waals surface area contributed by atoms with Crippen molar-refractivity contribution in [3.8, 4) is 11.3 Å². The maximum atomic E-state index is 13.4.